The van der Waals surface area contributed by atoms with Crippen LogP contribution in [0, 0.1) is 0 Å². The van der Waals surface area contributed by atoms with Gasteiger partial charge in [0.2, 0.25) is 0 Å². The maximum Gasteiger partial charge on any atom is 0.252 e. The van der Waals surface area contributed by atoms with Gasteiger partial charge in [0.1, 0.15) is 0 Å². The molecular formula is C17H20N2O. The van der Waals surface area contributed by atoms with Crippen LogP contribution in [-0.4, -0.2) is 16.9 Å². The molecule has 1 aromatic carbocycles. The zero-order valence-corrected chi connectivity index (χ0v) is 11.6. The predicted molar refractivity (Wildman–Crippen MR) is 80.7 cm³/mol. The van der Waals surface area contributed by atoms with Gasteiger partial charge in [0, 0.05) is 29.4 Å². The van der Waals surface area contributed by atoms with E-state index in [2.05, 4.69) is 10.3 Å². The van der Waals surface area contributed by atoms with Gasteiger partial charge in [0.05, 0.1) is 0 Å². The molecule has 1 aromatic heterocycles. The molecule has 1 amide bonds. The number of hydrogen-bond acceptors (Lipinski definition) is 2. The maximum absolute atomic E-state index is 12.5. The smallest absolute Gasteiger partial charge is 0.252 e. The lowest BCUT2D eigenvalue weighted by molar-refractivity contribution is 0.0935. The van der Waals surface area contributed by atoms with Crippen LogP contribution >= 0.6 is 0 Å². The third kappa shape index (κ3) is 2.82. The second-order valence-electron chi connectivity index (χ2n) is 5.56. The molecule has 1 heterocycles. The third-order valence-electron chi connectivity index (χ3n) is 4.12. The van der Waals surface area contributed by atoms with E-state index in [-0.39, 0.29) is 5.91 Å². The predicted octanol–water partition coefficient (Wildman–Crippen LogP) is 3.69. The van der Waals surface area contributed by atoms with Gasteiger partial charge in [-0.3, -0.25) is 9.78 Å². The second-order valence-corrected chi connectivity index (χ2v) is 5.56. The van der Waals surface area contributed by atoms with Crippen molar-refractivity contribution in [2.24, 2.45) is 0 Å². The van der Waals surface area contributed by atoms with E-state index in [1.807, 2.05) is 24.3 Å². The van der Waals surface area contributed by atoms with E-state index >= 15 is 0 Å². The first kappa shape index (κ1) is 13.1. The molecule has 3 rings (SSSR count). The lowest BCUT2D eigenvalue weighted by Crippen LogP contribution is -2.34. The minimum Gasteiger partial charge on any atom is -0.349 e. The first-order chi connectivity index (χ1) is 9.84. The summed E-state index contributed by atoms with van der Waals surface area (Å²) in [6.07, 6.45) is 10.8. The molecule has 0 radical (unpaired) electrons. The number of fused-ring (bicyclic) bond motifs is 1. The van der Waals surface area contributed by atoms with Crippen LogP contribution in [0.15, 0.2) is 36.7 Å². The second kappa shape index (κ2) is 6.04. The van der Waals surface area contributed by atoms with Crippen molar-refractivity contribution < 1.29 is 4.79 Å². The summed E-state index contributed by atoms with van der Waals surface area (Å²) in [7, 11) is 0. The molecule has 1 aliphatic rings. The summed E-state index contributed by atoms with van der Waals surface area (Å²) in [5.74, 6) is 0.0375. The first-order valence-corrected chi connectivity index (χ1v) is 7.48. The topological polar surface area (TPSA) is 42.0 Å². The Morgan fingerprint density at radius 3 is 2.70 bits per heavy atom. The quantitative estimate of drug-likeness (QED) is 0.844. The number of aromatic nitrogens is 1. The fourth-order valence-corrected chi connectivity index (χ4v) is 3.00. The summed E-state index contributed by atoms with van der Waals surface area (Å²) >= 11 is 0. The lowest BCUT2D eigenvalue weighted by atomic mass is 10.0. The standard InChI is InChI=1S/C17H20N2O/c20-17(19-14-7-3-1-2-4-8-14)15-9-5-6-13-10-11-18-12-16(13)15/h5-6,9-12,14H,1-4,7-8H2,(H,19,20). The molecule has 2 aromatic rings. The highest BCUT2D eigenvalue weighted by Gasteiger charge is 2.17. The molecule has 1 fully saturated rings. The number of pyridine rings is 1. The molecule has 3 heteroatoms. The van der Waals surface area contributed by atoms with Crippen molar-refractivity contribution in [1.82, 2.24) is 10.3 Å². The van der Waals surface area contributed by atoms with Crippen LogP contribution in [0.4, 0.5) is 0 Å². The summed E-state index contributed by atoms with van der Waals surface area (Å²) in [5, 5.41) is 5.20. The minimum atomic E-state index is 0.0375. The van der Waals surface area contributed by atoms with Crippen LogP contribution < -0.4 is 5.32 Å². The number of amides is 1. The fraction of sp³-hybridized carbons (Fsp3) is 0.412. The molecule has 1 aliphatic carbocycles. The Hall–Kier alpha value is -1.90. The molecule has 0 unspecified atom stereocenters. The number of benzene rings is 1. The maximum atomic E-state index is 12.5. The van der Waals surface area contributed by atoms with Crippen LogP contribution in [0.25, 0.3) is 10.8 Å². The van der Waals surface area contributed by atoms with Gasteiger partial charge in [-0.25, -0.2) is 0 Å². The van der Waals surface area contributed by atoms with Crippen LogP contribution in [0.1, 0.15) is 48.9 Å². The minimum absolute atomic E-state index is 0.0375. The van der Waals surface area contributed by atoms with Gasteiger partial charge < -0.3 is 5.32 Å². The molecule has 0 saturated heterocycles. The molecule has 1 N–H and O–H groups in total. The summed E-state index contributed by atoms with van der Waals surface area (Å²) in [6, 6.07) is 8.11. The number of rotatable bonds is 2. The van der Waals surface area contributed by atoms with Gasteiger partial charge in [-0.05, 0) is 30.4 Å². The van der Waals surface area contributed by atoms with E-state index in [1.165, 1.54) is 25.7 Å². The molecule has 0 atom stereocenters. The van der Waals surface area contributed by atoms with E-state index in [4.69, 9.17) is 0 Å². The van der Waals surface area contributed by atoms with Crippen molar-refractivity contribution in [3.63, 3.8) is 0 Å². The molecule has 0 spiro atoms. The Morgan fingerprint density at radius 1 is 1.10 bits per heavy atom. The van der Waals surface area contributed by atoms with E-state index < -0.39 is 0 Å². The Kier molecular flexibility index (Phi) is 3.95. The summed E-state index contributed by atoms with van der Waals surface area (Å²) < 4.78 is 0. The number of carbonyl (C=O) groups excluding carboxylic acids is 1. The zero-order chi connectivity index (χ0) is 13.8. The molecule has 0 bridgehead atoms. The fourth-order valence-electron chi connectivity index (χ4n) is 3.00. The summed E-state index contributed by atoms with van der Waals surface area (Å²) in [4.78, 5) is 16.6. The Labute approximate surface area is 119 Å². The molecule has 20 heavy (non-hydrogen) atoms. The van der Waals surface area contributed by atoms with Crippen LogP contribution in [0.5, 0.6) is 0 Å². The highest BCUT2D eigenvalue weighted by molar-refractivity contribution is 6.06. The van der Waals surface area contributed by atoms with E-state index in [0.29, 0.717) is 6.04 Å². The van der Waals surface area contributed by atoms with Gasteiger partial charge in [-0.15, -0.1) is 0 Å². The number of nitrogens with one attached hydrogen (secondary N) is 1. The Balaban J connectivity index is 1.81. The molecule has 104 valence electrons. The molecule has 1 saturated carbocycles. The highest BCUT2D eigenvalue weighted by Crippen LogP contribution is 2.20. The van der Waals surface area contributed by atoms with Crippen LogP contribution in [0.3, 0.4) is 0 Å². The molecule has 0 aliphatic heterocycles. The first-order valence-electron chi connectivity index (χ1n) is 7.48. The summed E-state index contributed by atoms with van der Waals surface area (Å²) in [5.41, 5.74) is 0.736. The number of carbonyl (C=O) groups is 1. The summed E-state index contributed by atoms with van der Waals surface area (Å²) in [6.45, 7) is 0. The van der Waals surface area contributed by atoms with Crippen molar-refractivity contribution in [3.05, 3.63) is 42.2 Å². The van der Waals surface area contributed by atoms with Crippen LogP contribution in [0.2, 0.25) is 0 Å². The van der Waals surface area contributed by atoms with Crippen molar-refractivity contribution in [1.29, 1.82) is 0 Å². The Bertz CT molecular complexity index is 595. The number of nitrogens with zero attached hydrogens (tertiary/aromatic N) is 1. The van der Waals surface area contributed by atoms with Crippen molar-refractivity contribution in [2.75, 3.05) is 0 Å². The monoisotopic (exact) mass is 268 g/mol. The van der Waals surface area contributed by atoms with Gasteiger partial charge in [-0.2, -0.15) is 0 Å². The number of hydrogen-bond donors (Lipinski definition) is 1. The average Bonchev–Trinajstić information content (AvgIpc) is 2.75. The largest absolute Gasteiger partial charge is 0.349 e. The van der Waals surface area contributed by atoms with Crippen molar-refractivity contribution in [2.45, 2.75) is 44.6 Å². The molecule has 3 nitrogen and oxygen atoms in total. The molecular weight excluding hydrogens is 248 g/mol. The van der Waals surface area contributed by atoms with Crippen molar-refractivity contribution in [3.8, 4) is 0 Å². The van der Waals surface area contributed by atoms with Gasteiger partial charge in [0.15, 0.2) is 0 Å². The van der Waals surface area contributed by atoms with Gasteiger partial charge in [0.25, 0.3) is 5.91 Å². The Morgan fingerprint density at radius 2 is 1.90 bits per heavy atom. The van der Waals surface area contributed by atoms with Gasteiger partial charge in [-0.1, -0.05) is 37.8 Å². The average molecular weight is 268 g/mol. The zero-order valence-electron chi connectivity index (χ0n) is 11.6. The van der Waals surface area contributed by atoms with Gasteiger partial charge >= 0.3 is 0 Å². The normalized spacial score (nSPS) is 16.8. The lowest BCUT2D eigenvalue weighted by Gasteiger charge is -2.16. The van der Waals surface area contributed by atoms with E-state index in [0.717, 1.165) is 29.2 Å². The third-order valence-corrected chi connectivity index (χ3v) is 4.12. The highest BCUT2D eigenvalue weighted by atomic mass is 16.1. The SMILES string of the molecule is O=C(NC1CCCCCC1)c1cccc2ccncc12. The van der Waals surface area contributed by atoms with Crippen molar-refractivity contribution >= 4 is 16.7 Å². The van der Waals surface area contributed by atoms with Crippen LogP contribution in [-0.2, 0) is 0 Å². The van der Waals surface area contributed by atoms with E-state index in [1.54, 1.807) is 12.4 Å². The van der Waals surface area contributed by atoms with E-state index in [9.17, 15) is 4.79 Å².